The van der Waals surface area contributed by atoms with E-state index in [1.54, 1.807) is 29.2 Å². The number of hydrogen-bond donors (Lipinski definition) is 0. The lowest BCUT2D eigenvalue weighted by Gasteiger charge is -2.26. The Kier molecular flexibility index (Phi) is 6.21. The number of carbonyl (C=O) groups excluding carboxylic acids is 1. The van der Waals surface area contributed by atoms with Gasteiger partial charge in [-0.05, 0) is 50.6 Å². The maximum absolute atomic E-state index is 12.7. The summed E-state index contributed by atoms with van der Waals surface area (Å²) in [6.07, 6.45) is -0.0881. The Bertz CT molecular complexity index is 988. The molecule has 0 saturated carbocycles. The zero-order valence-electron chi connectivity index (χ0n) is 15.6. The maximum Gasteiger partial charge on any atom is 0.418 e. The summed E-state index contributed by atoms with van der Waals surface area (Å²) in [6.45, 7) is 5.47. The van der Waals surface area contributed by atoms with Crippen molar-refractivity contribution in [2.75, 3.05) is 11.5 Å². The molecule has 0 N–H and O–H groups in total. The van der Waals surface area contributed by atoms with Crippen LogP contribution in [0.15, 0.2) is 47.0 Å². The fourth-order valence-electron chi connectivity index (χ4n) is 2.67. The minimum Gasteiger partial charge on any atom is -0.439 e. The van der Waals surface area contributed by atoms with Crippen molar-refractivity contribution < 1.29 is 14.1 Å². The Labute approximate surface area is 173 Å². The standard InChI is InChI=1S/C20H19Cl2N3O3/c1-12(2)25(16-6-4-5-15(21)10-16)18(26)11-27-20-23-19(24-28-20)14-8-7-13(3)17(22)9-14/h4-10,12H,11H2,1-3H3. The molecule has 0 aliphatic carbocycles. The Morgan fingerprint density at radius 1 is 1.21 bits per heavy atom. The average Bonchev–Trinajstić information content (AvgIpc) is 3.11. The molecule has 0 unspecified atom stereocenters. The van der Waals surface area contributed by atoms with Crippen molar-refractivity contribution in [3.8, 4) is 17.5 Å². The molecule has 2 aromatic carbocycles. The average molecular weight is 420 g/mol. The lowest BCUT2D eigenvalue weighted by atomic mass is 10.1. The van der Waals surface area contributed by atoms with Gasteiger partial charge in [-0.3, -0.25) is 9.32 Å². The number of aromatic nitrogens is 2. The van der Waals surface area contributed by atoms with Crippen molar-refractivity contribution in [3.63, 3.8) is 0 Å². The predicted molar refractivity (Wildman–Crippen MR) is 109 cm³/mol. The molecule has 0 fully saturated rings. The van der Waals surface area contributed by atoms with Crippen LogP contribution in [0, 0.1) is 6.92 Å². The molecule has 1 amide bonds. The highest BCUT2D eigenvalue weighted by Crippen LogP contribution is 2.25. The molecule has 3 aromatic rings. The summed E-state index contributed by atoms with van der Waals surface area (Å²) in [6, 6.07) is 12.4. The van der Waals surface area contributed by atoms with Crippen LogP contribution in [0.1, 0.15) is 19.4 Å². The van der Waals surface area contributed by atoms with Crippen molar-refractivity contribution in [1.29, 1.82) is 0 Å². The molecular formula is C20H19Cl2N3O3. The second-order valence-corrected chi connectivity index (χ2v) is 7.32. The number of nitrogens with zero attached hydrogens (tertiary/aromatic N) is 3. The van der Waals surface area contributed by atoms with Gasteiger partial charge in [0, 0.05) is 27.3 Å². The van der Waals surface area contributed by atoms with Crippen molar-refractivity contribution >= 4 is 34.8 Å². The van der Waals surface area contributed by atoms with E-state index >= 15 is 0 Å². The van der Waals surface area contributed by atoms with Crippen molar-refractivity contribution in [2.24, 2.45) is 0 Å². The topological polar surface area (TPSA) is 68.5 Å². The van der Waals surface area contributed by atoms with E-state index in [0.29, 0.717) is 27.1 Å². The Balaban J connectivity index is 1.70. The molecule has 6 nitrogen and oxygen atoms in total. The first-order chi connectivity index (χ1) is 13.3. The van der Waals surface area contributed by atoms with Gasteiger partial charge in [-0.15, -0.1) is 0 Å². The first-order valence-corrected chi connectivity index (χ1v) is 9.41. The molecule has 3 rings (SSSR count). The third kappa shape index (κ3) is 4.64. The van der Waals surface area contributed by atoms with E-state index in [0.717, 1.165) is 5.56 Å². The third-order valence-electron chi connectivity index (χ3n) is 4.03. The van der Waals surface area contributed by atoms with Gasteiger partial charge < -0.3 is 9.64 Å². The maximum atomic E-state index is 12.7. The van der Waals surface area contributed by atoms with Gasteiger partial charge in [0.05, 0.1) is 0 Å². The van der Waals surface area contributed by atoms with E-state index in [1.807, 2.05) is 39.0 Å². The van der Waals surface area contributed by atoms with Crippen molar-refractivity contribution in [3.05, 3.63) is 58.1 Å². The summed E-state index contributed by atoms with van der Waals surface area (Å²) >= 11 is 12.2. The summed E-state index contributed by atoms with van der Waals surface area (Å²) in [5.74, 6) is 0.0790. The molecule has 0 saturated heterocycles. The first-order valence-electron chi connectivity index (χ1n) is 8.66. The molecule has 0 aliphatic heterocycles. The Morgan fingerprint density at radius 2 is 2.00 bits per heavy atom. The highest BCUT2D eigenvalue weighted by Gasteiger charge is 2.21. The van der Waals surface area contributed by atoms with Crippen LogP contribution in [0.2, 0.25) is 10.0 Å². The molecule has 0 atom stereocenters. The molecule has 0 bridgehead atoms. The van der Waals surface area contributed by atoms with Gasteiger partial charge in [-0.2, -0.15) is 4.98 Å². The fraction of sp³-hybridized carbons (Fsp3) is 0.250. The second kappa shape index (κ2) is 8.63. The number of rotatable bonds is 6. The molecule has 146 valence electrons. The summed E-state index contributed by atoms with van der Waals surface area (Å²) in [4.78, 5) is 18.4. The number of ether oxygens (including phenoxy) is 1. The normalized spacial score (nSPS) is 10.9. The van der Waals surface area contributed by atoms with Crippen LogP contribution in [0.3, 0.4) is 0 Å². The number of halogens is 2. The molecule has 28 heavy (non-hydrogen) atoms. The number of benzene rings is 2. The number of anilines is 1. The van der Waals surface area contributed by atoms with Crippen LogP contribution in [-0.2, 0) is 4.79 Å². The molecule has 0 spiro atoms. The van der Waals surface area contributed by atoms with E-state index in [1.165, 1.54) is 0 Å². The van der Waals surface area contributed by atoms with E-state index in [2.05, 4.69) is 10.1 Å². The van der Waals surface area contributed by atoms with E-state index < -0.39 is 0 Å². The Morgan fingerprint density at radius 3 is 2.68 bits per heavy atom. The molecule has 1 aromatic heterocycles. The molecule has 0 aliphatic rings. The van der Waals surface area contributed by atoms with Gasteiger partial charge in [0.2, 0.25) is 5.82 Å². The number of amides is 1. The minimum absolute atomic E-state index is 0.0810. The van der Waals surface area contributed by atoms with Gasteiger partial charge in [-0.1, -0.05) is 46.6 Å². The van der Waals surface area contributed by atoms with E-state index in [4.69, 9.17) is 32.5 Å². The molecule has 1 heterocycles. The minimum atomic E-state index is -0.254. The zero-order valence-corrected chi connectivity index (χ0v) is 17.2. The summed E-state index contributed by atoms with van der Waals surface area (Å²) in [5, 5.41) is 5.03. The van der Waals surface area contributed by atoms with Crippen LogP contribution in [0.25, 0.3) is 11.4 Å². The summed E-state index contributed by atoms with van der Waals surface area (Å²) < 4.78 is 10.5. The quantitative estimate of drug-likeness (QED) is 0.550. The largest absolute Gasteiger partial charge is 0.439 e. The molecule has 0 radical (unpaired) electrons. The van der Waals surface area contributed by atoms with Gasteiger partial charge in [-0.25, -0.2) is 0 Å². The van der Waals surface area contributed by atoms with Crippen molar-refractivity contribution in [2.45, 2.75) is 26.8 Å². The monoisotopic (exact) mass is 419 g/mol. The van der Waals surface area contributed by atoms with Crippen molar-refractivity contribution in [1.82, 2.24) is 10.1 Å². The smallest absolute Gasteiger partial charge is 0.418 e. The number of aryl methyl sites for hydroxylation is 1. The highest BCUT2D eigenvalue weighted by molar-refractivity contribution is 6.31. The third-order valence-corrected chi connectivity index (χ3v) is 4.67. The van der Waals surface area contributed by atoms with Gasteiger partial charge in [0.1, 0.15) is 0 Å². The molecule has 8 heteroatoms. The van der Waals surface area contributed by atoms with Crippen LogP contribution in [0.4, 0.5) is 5.69 Å². The van der Waals surface area contributed by atoms with Crippen LogP contribution in [0.5, 0.6) is 6.08 Å². The van der Waals surface area contributed by atoms with Gasteiger partial charge in [0.15, 0.2) is 6.61 Å². The van der Waals surface area contributed by atoms with Gasteiger partial charge >= 0.3 is 6.08 Å². The number of carbonyl (C=O) groups is 1. The fourth-order valence-corrected chi connectivity index (χ4v) is 3.03. The van der Waals surface area contributed by atoms with Crippen LogP contribution < -0.4 is 9.64 Å². The summed E-state index contributed by atoms with van der Waals surface area (Å²) in [5.41, 5.74) is 2.34. The lowest BCUT2D eigenvalue weighted by molar-refractivity contribution is -0.121. The second-order valence-electron chi connectivity index (χ2n) is 6.47. The van der Waals surface area contributed by atoms with Gasteiger partial charge in [0.25, 0.3) is 5.91 Å². The SMILES string of the molecule is Cc1ccc(-c2noc(OCC(=O)N(c3cccc(Cl)c3)C(C)C)n2)cc1Cl. The lowest BCUT2D eigenvalue weighted by Crippen LogP contribution is -2.40. The van der Waals surface area contributed by atoms with Crippen LogP contribution >= 0.6 is 23.2 Å². The van der Waals surface area contributed by atoms with Crippen LogP contribution in [-0.4, -0.2) is 28.7 Å². The first kappa shape index (κ1) is 20.2. The Hall–Kier alpha value is -2.57. The highest BCUT2D eigenvalue weighted by atomic mass is 35.5. The summed E-state index contributed by atoms with van der Waals surface area (Å²) in [7, 11) is 0. The predicted octanol–water partition coefficient (Wildman–Crippen LogP) is 5.17. The number of hydrogen-bond acceptors (Lipinski definition) is 5. The zero-order chi connectivity index (χ0) is 20.3. The van der Waals surface area contributed by atoms with E-state index in [-0.39, 0.29) is 24.6 Å². The molecular weight excluding hydrogens is 401 g/mol. The van der Waals surface area contributed by atoms with E-state index in [9.17, 15) is 4.79 Å².